The van der Waals surface area contributed by atoms with Crippen molar-refractivity contribution in [1.29, 1.82) is 0 Å². The van der Waals surface area contributed by atoms with Crippen molar-refractivity contribution in [2.45, 2.75) is 58.3 Å². The topological polar surface area (TPSA) is 36.4 Å². The molecule has 4 heteroatoms. The van der Waals surface area contributed by atoms with E-state index in [1.165, 1.54) is 51.4 Å². The Balaban J connectivity index is 0.00000180. The molecule has 0 aromatic heterocycles. The van der Waals surface area contributed by atoms with E-state index in [2.05, 4.69) is 22.5 Å². The molecule has 0 bridgehead atoms. The monoisotopic (exact) mass is 379 g/mol. The number of hydrogen-bond donors (Lipinski definition) is 2. The Bertz CT molecular complexity index is 281. The molecule has 2 saturated carbocycles. The second kappa shape index (κ2) is 8.32. The molecule has 0 amide bonds. The summed E-state index contributed by atoms with van der Waals surface area (Å²) in [5.74, 6) is 1.99. The van der Waals surface area contributed by atoms with Crippen molar-refractivity contribution in [2.75, 3.05) is 20.1 Å². The van der Waals surface area contributed by atoms with Crippen molar-refractivity contribution < 1.29 is 0 Å². The van der Waals surface area contributed by atoms with E-state index in [1.54, 1.807) is 0 Å². The van der Waals surface area contributed by atoms with Crippen LogP contribution in [0, 0.1) is 11.3 Å². The number of rotatable bonds is 6. The third kappa shape index (κ3) is 5.48. The van der Waals surface area contributed by atoms with E-state index in [0.717, 1.165) is 25.0 Å². The molecule has 0 aromatic carbocycles. The van der Waals surface area contributed by atoms with Gasteiger partial charge in [-0.25, -0.2) is 0 Å². The Morgan fingerprint density at radius 3 is 2.42 bits per heavy atom. The first-order valence-electron chi connectivity index (χ1n) is 7.72. The third-order valence-electron chi connectivity index (χ3n) is 4.81. The summed E-state index contributed by atoms with van der Waals surface area (Å²) in [6, 6.07) is 0. The molecule has 0 radical (unpaired) electrons. The van der Waals surface area contributed by atoms with Crippen molar-refractivity contribution in [3.8, 4) is 0 Å². The average Bonchev–Trinajstić information content (AvgIpc) is 3.10. The molecule has 19 heavy (non-hydrogen) atoms. The zero-order valence-electron chi connectivity index (χ0n) is 12.5. The van der Waals surface area contributed by atoms with E-state index in [1.807, 2.05) is 7.05 Å². The van der Waals surface area contributed by atoms with Crippen LogP contribution in [0.2, 0.25) is 0 Å². The van der Waals surface area contributed by atoms with Gasteiger partial charge in [-0.3, -0.25) is 4.99 Å². The zero-order valence-corrected chi connectivity index (χ0v) is 14.8. The van der Waals surface area contributed by atoms with Crippen LogP contribution in [0.1, 0.15) is 58.3 Å². The Kier molecular flexibility index (Phi) is 7.47. The van der Waals surface area contributed by atoms with E-state index in [-0.39, 0.29) is 24.0 Å². The van der Waals surface area contributed by atoms with Crippen LogP contribution in [0.4, 0.5) is 0 Å². The first-order chi connectivity index (χ1) is 8.78. The molecule has 2 N–H and O–H groups in total. The van der Waals surface area contributed by atoms with E-state index in [9.17, 15) is 0 Å². The van der Waals surface area contributed by atoms with Crippen molar-refractivity contribution in [3.05, 3.63) is 0 Å². The zero-order chi connectivity index (χ0) is 12.8. The predicted molar refractivity (Wildman–Crippen MR) is 93.3 cm³/mol. The lowest BCUT2D eigenvalue weighted by Crippen LogP contribution is -2.43. The highest BCUT2D eigenvalue weighted by molar-refractivity contribution is 14.0. The fraction of sp³-hybridized carbons (Fsp3) is 0.933. The van der Waals surface area contributed by atoms with Gasteiger partial charge in [-0.15, -0.1) is 24.0 Å². The van der Waals surface area contributed by atoms with Gasteiger partial charge in [0.15, 0.2) is 5.96 Å². The Morgan fingerprint density at radius 1 is 1.21 bits per heavy atom. The van der Waals surface area contributed by atoms with E-state index >= 15 is 0 Å². The largest absolute Gasteiger partial charge is 0.356 e. The average molecular weight is 379 g/mol. The van der Waals surface area contributed by atoms with Gasteiger partial charge in [-0.2, -0.15) is 0 Å². The van der Waals surface area contributed by atoms with Crippen molar-refractivity contribution >= 4 is 29.9 Å². The van der Waals surface area contributed by atoms with Gasteiger partial charge in [0.05, 0.1) is 0 Å². The highest BCUT2D eigenvalue weighted by atomic mass is 127. The molecule has 0 heterocycles. The molecule has 0 atom stereocenters. The quantitative estimate of drug-likeness (QED) is 0.421. The summed E-state index contributed by atoms with van der Waals surface area (Å²) in [6.07, 6.45) is 11.1. The maximum Gasteiger partial charge on any atom is 0.190 e. The van der Waals surface area contributed by atoms with Gasteiger partial charge < -0.3 is 10.6 Å². The Labute approximate surface area is 135 Å². The van der Waals surface area contributed by atoms with Crippen LogP contribution in [0.15, 0.2) is 4.99 Å². The van der Waals surface area contributed by atoms with Crippen LogP contribution in [-0.4, -0.2) is 26.1 Å². The van der Waals surface area contributed by atoms with Crippen LogP contribution >= 0.6 is 24.0 Å². The molecule has 112 valence electrons. The van der Waals surface area contributed by atoms with E-state index < -0.39 is 0 Å². The van der Waals surface area contributed by atoms with Gasteiger partial charge in [-0.1, -0.05) is 32.6 Å². The number of hydrogen-bond acceptors (Lipinski definition) is 1. The van der Waals surface area contributed by atoms with Gasteiger partial charge in [-0.05, 0) is 37.0 Å². The normalized spacial score (nSPS) is 21.9. The van der Waals surface area contributed by atoms with Crippen LogP contribution < -0.4 is 10.6 Å². The van der Waals surface area contributed by atoms with Crippen molar-refractivity contribution in [3.63, 3.8) is 0 Å². The summed E-state index contributed by atoms with van der Waals surface area (Å²) in [5, 5.41) is 6.98. The Morgan fingerprint density at radius 2 is 1.89 bits per heavy atom. The summed E-state index contributed by atoms with van der Waals surface area (Å²) >= 11 is 0. The molecule has 0 aromatic rings. The van der Waals surface area contributed by atoms with E-state index in [4.69, 9.17) is 0 Å². The van der Waals surface area contributed by atoms with E-state index in [0.29, 0.717) is 5.41 Å². The van der Waals surface area contributed by atoms with Crippen molar-refractivity contribution in [2.24, 2.45) is 16.3 Å². The summed E-state index contributed by atoms with van der Waals surface area (Å²) in [6.45, 7) is 4.49. The van der Waals surface area contributed by atoms with Crippen molar-refractivity contribution in [1.82, 2.24) is 10.6 Å². The molecule has 0 aliphatic heterocycles. The molecule has 0 spiro atoms. The second-order valence-electron chi connectivity index (χ2n) is 6.15. The van der Waals surface area contributed by atoms with Gasteiger partial charge in [0.25, 0.3) is 0 Å². The molecule has 0 saturated heterocycles. The molecule has 3 nitrogen and oxygen atoms in total. The number of nitrogens with one attached hydrogen (secondary N) is 2. The molecular formula is C15H30IN3. The molecule has 2 rings (SSSR count). The smallest absolute Gasteiger partial charge is 0.190 e. The van der Waals surface area contributed by atoms with Gasteiger partial charge in [0.1, 0.15) is 0 Å². The molecule has 2 aliphatic carbocycles. The molecule has 0 unspecified atom stereocenters. The number of aliphatic imine (C=N–C) groups is 1. The highest BCUT2D eigenvalue weighted by Gasteiger charge is 2.31. The standard InChI is InChI=1S/C15H29N3.HI/c1-3-15(9-4-5-10-15)12-18-14(16-2)17-11-8-13-6-7-13;/h13H,3-12H2,1-2H3,(H2,16,17,18);1H. The van der Waals surface area contributed by atoms with Crippen LogP contribution in [0.5, 0.6) is 0 Å². The lowest BCUT2D eigenvalue weighted by Gasteiger charge is -2.28. The minimum absolute atomic E-state index is 0. The molecular weight excluding hydrogens is 349 g/mol. The second-order valence-corrected chi connectivity index (χ2v) is 6.15. The number of nitrogens with zero attached hydrogens (tertiary/aromatic N) is 1. The van der Waals surface area contributed by atoms with Gasteiger partial charge >= 0.3 is 0 Å². The molecule has 2 aliphatic rings. The number of halogens is 1. The summed E-state index contributed by atoms with van der Waals surface area (Å²) in [4.78, 5) is 4.33. The highest BCUT2D eigenvalue weighted by Crippen LogP contribution is 2.40. The van der Waals surface area contributed by atoms with Crippen LogP contribution in [0.25, 0.3) is 0 Å². The fourth-order valence-electron chi connectivity index (χ4n) is 3.07. The number of guanidine groups is 1. The SMILES string of the molecule is CCC1(CNC(=NC)NCCC2CC2)CCCC1.I. The van der Waals surface area contributed by atoms with Crippen LogP contribution in [0.3, 0.4) is 0 Å². The first-order valence-corrected chi connectivity index (χ1v) is 7.72. The summed E-state index contributed by atoms with van der Waals surface area (Å²) in [5.41, 5.74) is 0.536. The Hall–Kier alpha value is 0. The lowest BCUT2D eigenvalue weighted by atomic mass is 9.83. The summed E-state index contributed by atoms with van der Waals surface area (Å²) < 4.78 is 0. The maximum atomic E-state index is 4.33. The minimum Gasteiger partial charge on any atom is -0.356 e. The molecule has 2 fully saturated rings. The third-order valence-corrected chi connectivity index (χ3v) is 4.81. The first kappa shape index (κ1) is 17.1. The minimum atomic E-state index is 0. The summed E-state index contributed by atoms with van der Waals surface area (Å²) in [7, 11) is 1.87. The van der Waals surface area contributed by atoms with Gasteiger partial charge in [0.2, 0.25) is 0 Å². The fourth-order valence-corrected chi connectivity index (χ4v) is 3.07. The van der Waals surface area contributed by atoms with Crippen LogP contribution in [-0.2, 0) is 0 Å². The lowest BCUT2D eigenvalue weighted by molar-refractivity contribution is 0.283. The predicted octanol–water partition coefficient (Wildman–Crippen LogP) is 3.54. The maximum absolute atomic E-state index is 4.33. The van der Waals surface area contributed by atoms with Gasteiger partial charge in [0, 0.05) is 20.1 Å².